The lowest BCUT2D eigenvalue weighted by atomic mass is 9.94. The average molecular weight is 406 g/mol. The number of aryl methyl sites for hydroxylation is 1. The molecule has 4 heterocycles. The number of likely N-dealkylation sites (tertiary alicyclic amines) is 1. The van der Waals surface area contributed by atoms with Crippen molar-refractivity contribution in [3.8, 4) is 0 Å². The number of rotatable bonds is 6. The molecule has 1 fully saturated rings. The average Bonchev–Trinajstić information content (AvgIpc) is 3.17. The highest BCUT2D eigenvalue weighted by Crippen LogP contribution is 2.26. The number of aromatic amines is 1. The van der Waals surface area contributed by atoms with E-state index in [2.05, 4.69) is 31.4 Å². The van der Waals surface area contributed by atoms with E-state index in [1.54, 1.807) is 22.9 Å². The van der Waals surface area contributed by atoms with E-state index in [4.69, 9.17) is 5.11 Å². The van der Waals surface area contributed by atoms with Gasteiger partial charge in [-0.2, -0.15) is 0 Å². The lowest BCUT2D eigenvalue weighted by Crippen LogP contribution is -2.35. The Morgan fingerprint density at radius 1 is 1.33 bits per heavy atom. The maximum absolute atomic E-state index is 12.7. The summed E-state index contributed by atoms with van der Waals surface area (Å²) in [6, 6.07) is 1.50. The van der Waals surface area contributed by atoms with Crippen LogP contribution >= 0.6 is 0 Å². The summed E-state index contributed by atoms with van der Waals surface area (Å²) >= 11 is 0. The molecule has 156 valence electrons. The molecule has 0 unspecified atom stereocenters. The fraction of sp³-hybridized carbons (Fsp3) is 0.364. The van der Waals surface area contributed by atoms with E-state index < -0.39 is 0 Å². The summed E-state index contributed by atoms with van der Waals surface area (Å²) in [6.45, 7) is 8.71. The van der Waals surface area contributed by atoms with Crippen molar-refractivity contribution in [2.24, 2.45) is 0 Å². The number of piperidine rings is 1. The van der Waals surface area contributed by atoms with Crippen LogP contribution in [0.25, 0.3) is 17.3 Å². The Balaban J connectivity index is 1.53. The van der Waals surface area contributed by atoms with Crippen LogP contribution < -0.4 is 5.56 Å². The van der Waals surface area contributed by atoms with Crippen molar-refractivity contribution in [2.75, 3.05) is 26.2 Å². The fourth-order valence-electron chi connectivity index (χ4n) is 3.78. The Morgan fingerprint density at radius 3 is 2.83 bits per heavy atom. The summed E-state index contributed by atoms with van der Waals surface area (Å²) in [5.41, 5.74) is 3.38. The zero-order chi connectivity index (χ0) is 21.1. The van der Waals surface area contributed by atoms with Gasteiger partial charge >= 0.3 is 0 Å². The van der Waals surface area contributed by atoms with Gasteiger partial charge in [0.25, 0.3) is 5.56 Å². The number of fused-ring (bicyclic) bond motifs is 1. The number of hydrogen-bond donors (Lipinski definition) is 2. The molecule has 3 aromatic rings. The summed E-state index contributed by atoms with van der Waals surface area (Å²) in [6.07, 6.45) is 10.8. The van der Waals surface area contributed by atoms with Crippen molar-refractivity contribution in [3.05, 3.63) is 70.6 Å². The Morgan fingerprint density at radius 2 is 2.13 bits per heavy atom. The van der Waals surface area contributed by atoms with Crippen LogP contribution in [0.5, 0.6) is 0 Å². The van der Waals surface area contributed by atoms with Crippen molar-refractivity contribution in [1.29, 1.82) is 0 Å². The van der Waals surface area contributed by atoms with Gasteiger partial charge in [-0.15, -0.1) is 0 Å². The molecular weight excluding hydrogens is 380 g/mol. The Kier molecular flexibility index (Phi) is 5.87. The first-order chi connectivity index (χ1) is 14.5. The number of aromatic nitrogens is 5. The molecule has 4 rings (SSSR count). The molecule has 8 heteroatoms. The van der Waals surface area contributed by atoms with Crippen LogP contribution in [-0.2, 0) is 0 Å². The van der Waals surface area contributed by atoms with Crippen LogP contribution in [0.1, 0.15) is 41.7 Å². The number of imidazole rings is 1. The van der Waals surface area contributed by atoms with Gasteiger partial charge in [-0.05, 0) is 50.6 Å². The van der Waals surface area contributed by atoms with E-state index in [-0.39, 0.29) is 12.2 Å². The van der Waals surface area contributed by atoms with Crippen molar-refractivity contribution in [3.63, 3.8) is 0 Å². The van der Waals surface area contributed by atoms with Gasteiger partial charge in [0.1, 0.15) is 5.82 Å². The maximum atomic E-state index is 12.7. The Labute approximate surface area is 174 Å². The Hall–Kier alpha value is -3.10. The van der Waals surface area contributed by atoms with Crippen LogP contribution in [-0.4, -0.2) is 60.6 Å². The van der Waals surface area contributed by atoms with E-state index in [0.717, 1.165) is 43.1 Å². The van der Waals surface area contributed by atoms with Gasteiger partial charge in [0.15, 0.2) is 5.65 Å². The number of aliphatic hydroxyl groups is 1. The normalized spacial score (nSPS) is 15.9. The van der Waals surface area contributed by atoms with Gasteiger partial charge in [-0.3, -0.25) is 14.2 Å². The molecule has 0 aromatic carbocycles. The zero-order valence-corrected chi connectivity index (χ0v) is 17.1. The molecule has 1 aliphatic rings. The predicted molar refractivity (Wildman–Crippen MR) is 116 cm³/mol. The Bertz CT molecular complexity index is 1140. The second-order valence-corrected chi connectivity index (χ2v) is 7.67. The molecule has 0 amide bonds. The minimum absolute atomic E-state index is 0.153. The molecule has 8 nitrogen and oxygen atoms in total. The summed E-state index contributed by atoms with van der Waals surface area (Å²) < 4.78 is 1.55. The molecule has 2 N–H and O–H groups in total. The highest BCUT2D eigenvalue weighted by atomic mass is 16.3. The molecule has 1 aliphatic heterocycles. The van der Waals surface area contributed by atoms with Gasteiger partial charge in [0.05, 0.1) is 24.2 Å². The van der Waals surface area contributed by atoms with E-state index in [9.17, 15) is 4.79 Å². The highest BCUT2D eigenvalue weighted by Gasteiger charge is 2.21. The zero-order valence-electron chi connectivity index (χ0n) is 17.1. The van der Waals surface area contributed by atoms with Gasteiger partial charge in [0.2, 0.25) is 0 Å². The highest BCUT2D eigenvalue weighted by molar-refractivity contribution is 5.75. The minimum atomic E-state index is -0.153. The van der Waals surface area contributed by atoms with Crippen LogP contribution in [0.15, 0.2) is 42.1 Å². The van der Waals surface area contributed by atoms with Crippen LogP contribution in [0.2, 0.25) is 0 Å². The molecule has 0 bridgehead atoms. The maximum Gasteiger partial charge on any atom is 0.258 e. The lowest BCUT2D eigenvalue weighted by molar-refractivity contribution is 0.163. The second-order valence-electron chi connectivity index (χ2n) is 7.67. The fourth-order valence-corrected chi connectivity index (χ4v) is 3.78. The first kappa shape index (κ1) is 20.2. The molecule has 0 radical (unpaired) electrons. The summed E-state index contributed by atoms with van der Waals surface area (Å²) in [5, 5.41) is 9.09. The molecule has 0 saturated carbocycles. The van der Waals surface area contributed by atoms with Crippen LogP contribution in [0.4, 0.5) is 0 Å². The molecule has 0 atom stereocenters. The van der Waals surface area contributed by atoms with Gasteiger partial charge in [-0.25, -0.2) is 9.97 Å². The topological polar surface area (TPSA) is 99.4 Å². The SMILES string of the molecule is C=C(/C=C\c1ncc(C)[nH]1)c1cc(=O)n2cc(C3CCN(CCO)CC3)ncc2n1. The third-order valence-electron chi connectivity index (χ3n) is 5.49. The second kappa shape index (κ2) is 8.73. The summed E-state index contributed by atoms with van der Waals surface area (Å²) in [7, 11) is 0. The van der Waals surface area contributed by atoms with Crippen LogP contribution in [0.3, 0.4) is 0 Å². The first-order valence-electron chi connectivity index (χ1n) is 10.1. The molecule has 0 aliphatic carbocycles. The van der Waals surface area contributed by atoms with Crippen molar-refractivity contribution in [1.82, 2.24) is 29.2 Å². The van der Waals surface area contributed by atoms with E-state index in [1.165, 1.54) is 6.07 Å². The quantitative estimate of drug-likeness (QED) is 0.608. The molecule has 30 heavy (non-hydrogen) atoms. The van der Waals surface area contributed by atoms with E-state index >= 15 is 0 Å². The standard InChI is InChI=1S/C22H26N6O2/c1-15(3-4-20-24-12-16(2)25-20)18-11-22(30)28-14-19(23-13-21(28)26-18)17-5-7-27(8-6-17)9-10-29/h3-4,11-14,17,29H,1,5-10H2,2H3,(H,24,25)/b4-3-. The minimum Gasteiger partial charge on any atom is -0.395 e. The van der Waals surface area contributed by atoms with E-state index in [1.807, 2.05) is 19.2 Å². The summed E-state index contributed by atoms with van der Waals surface area (Å²) in [4.78, 5) is 31.5. The van der Waals surface area contributed by atoms with E-state index in [0.29, 0.717) is 29.4 Å². The third kappa shape index (κ3) is 4.39. The summed E-state index contributed by atoms with van der Waals surface area (Å²) in [5.74, 6) is 1.04. The van der Waals surface area contributed by atoms with Gasteiger partial charge in [-0.1, -0.05) is 6.58 Å². The first-order valence-corrected chi connectivity index (χ1v) is 10.1. The molecule has 3 aromatic heterocycles. The molecule has 0 spiro atoms. The molecule has 1 saturated heterocycles. The number of aliphatic hydroxyl groups excluding tert-OH is 1. The number of hydrogen-bond acceptors (Lipinski definition) is 6. The number of β-amino-alcohol motifs (C(OH)–C–C–N with tert-alkyl or cyclic N) is 1. The largest absolute Gasteiger partial charge is 0.395 e. The smallest absolute Gasteiger partial charge is 0.258 e. The van der Waals surface area contributed by atoms with Crippen molar-refractivity contribution < 1.29 is 5.11 Å². The van der Waals surface area contributed by atoms with Gasteiger partial charge in [0, 0.05) is 36.6 Å². The number of nitrogens with one attached hydrogen (secondary N) is 1. The number of nitrogens with zero attached hydrogens (tertiary/aromatic N) is 5. The lowest BCUT2D eigenvalue weighted by Gasteiger charge is -2.31. The third-order valence-corrected chi connectivity index (χ3v) is 5.49. The predicted octanol–water partition coefficient (Wildman–Crippen LogP) is 2.02. The number of allylic oxidation sites excluding steroid dienone is 2. The van der Waals surface area contributed by atoms with Gasteiger partial charge < -0.3 is 15.0 Å². The monoisotopic (exact) mass is 406 g/mol. The molecular formula is C22H26N6O2. The van der Waals surface area contributed by atoms with Crippen molar-refractivity contribution >= 4 is 17.3 Å². The van der Waals surface area contributed by atoms with Crippen molar-refractivity contribution in [2.45, 2.75) is 25.7 Å². The van der Waals surface area contributed by atoms with Crippen LogP contribution in [0, 0.1) is 6.92 Å². The number of H-pyrrole nitrogens is 1.